The molecule has 0 saturated heterocycles. The molecular formula is C11H11Br2NOS. The van der Waals surface area contributed by atoms with Crippen LogP contribution in [0, 0.1) is 0 Å². The molecule has 2 rings (SSSR count). The van der Waals surface area contributed by atoms with Gasteiger partial charge in [-0.2, -0.15) is 4.57 Å². The summed E-state index contributed by atoms with van der Waals surface area (Å²) in [6, 6.07) is 9.36. The van der Waals surface area contributed by atoms with Crippen molar-refractivity contribution in [1.82, 2.24) is 0 Å². The molecule has 0 radical (unpaired) electrons. The van der Waals surface area contributed by atoms with Crippen LogP contribution in [0.25, 0.3) is 0 Å². The minimum absolute atomic E-state index is 0. The van der Waals surface area contributed by atoms with Gasteiger partial charge in [0.1, 0.15) is 0 Å². The molecule has 1 heterocycles. The summed E-state index contributed by atoms with van der Waals surface area (Å²) in [5.74, 6) is 0.147. The van der Waals surface area contributed by atoms with Crippen molar-refractivity contribution >= 4 is 34.1 Å². The van der Waals surface area contributed by atoms with Crippen LogP contribution in [0.15, 0.2) is 47.4 Å². The van der Waals surface area contributed by atoms with Gasteiger partial charge in [0.05, 0.1) is 5.38 Å². The van der Waals surface area contributed by atoms with E-state index in [2.05, 4.69) is 0 Å². The molecular weight excluding hydrogens is 354 g/mol. The van der Waals surface area contributed by atoms with E-state index < -0.39 is 0 Å². The molecule has 0 N–H and O–H groups in total. The number of carbonyl (C=O) groups is 1. The van der Waals surface area contributed by atoms with E-state index in [4.69, 9.17) is 0 Å². The Kier molecular flexibility index (Phi) is 7.45. The van der Waals surface area contributed by atoms with Crippen LogP contribution in [0.5, 0.6) is 0 Å². The number of carbonyl (C=O) groups excluding carboxylic acids is 1. The van der Waals surface area contributed by atoms with Crippen molar-refractivity contribution in [2.45, 2.75) is 6.54 Å². The van der Waals surface area contributed by atoms with Crippen LogP contribution in [0.2, 0.25) is 0 Å². The zero-order valence-corrected chi connectivity index (χ0v) is 12.5. The summed E-state index contributed by atoms with van der Waals surface area (Å²) < 4.78 is 1.89. The van der Waals surface area contributed by atoms with Crippen LogP contribution in [0.1, 0.15) is 10.4 Å². The van der Waals surface area contributed by atoms with E-state index in [1.165, 1.54) is 0 Å². The highest BCUT2D eigenvalue weighted by molar-refractivity contribution is 8.93. The van der Waals surface area contributed by atoms with Crippen molar-refractivity contribution in [1.29, 1.82) is 0 Å². The summed E-state index contributed by atoms with van der Waals surface area (Å²) in [6.07, 6.45) is 1.91. The summed E-state index contributed by atoms with van der Waals surface area (Å²) in [6.45, 7) is 0.424. The number of nitrogens with zero attached hydrogens (tertiary/aromatic N) is 1. The Balaban J connectivity index is 0.00000112. The fourth-order valence-corrected chi connectivity index (χ4v) is 1.83. The standard InChI is InChI=1S/C11H10NOS.2BrH/c13-11(8-12-6-7-14-9-12)10-4-2-1-3-5-10;;/h1-7,9H,8H2;2*1H/q+1;;/p-1. The number of hydrogen-bond donors (Lipinski definition) is 0. The van der Waals surface area contributed by atoms with E-state index >= 15 is 0 Å². The van der Waals surface area contributed by atoms with Gasteiger partial charge < -0.3 is 17.0 Å². The maximum absolute atomic E-state index is 11.7. The van der Waals surface area contributed by atoms with Gasteiger partial charge in [-0.25, -0.2) is 0 Å². The maximum Gasteiger partial charge on any atom is 0.227 e. The van der Waals surface area contributed by atoms with E-state index in [0.717, 1.165) is 5.56 Å². The Hall–Kier alpha value is -0.520. The highest BCUT2D eigenvalue weighted by atomic mass is 79.9. The van der Waals surface area contributed by atoms with Crippen molar-refractivity contribution in [3.63, 3.8) is 0 Å². The van der Waals surface area contributed by atoms with Gasteiger partial charge in [0.15, 0.2) is 6.20 Å². The Morgan fingerprint density at radius 2 is 1.94 bits per heavy atom. The molecule has 0 saturated carbocycles. The van der Waals surface area contributed by atoms with Crippen molar-refractivity contribution in [2.75, 3.05) is 0 Å². The first-order valence-electron chi connectivity index (χ1n) is 4.36. The van der Waals surface area contributed by atoms with E-state index in [0.29, 0.717) is 6.54 Å². The third kappa shape index (κ3) is 4.15. The maximum atomic E-state index is 11.7. The minimum atomic E-state index is 0. The fourth-order valence-electron chi connectivity index (χ4n) is 1.23. The summed E-state index contributed by atoms with van der Waals surface area (Å²) in [5, 5.41) is 1.96. The number of halogens is 2. The number of rotatable bonds is 3. The normalized spacial score (nSPS) is 8.75. The first-order chi connectivity index (χ1) is 6.86. The minimum Gasteiger partial charge on any atom is -1.00 e. The molecule has 16 heavy (non-hydrogen) atoms. The third-order valence-electron chi connectivity index (χ3n) is 1.95. The lowest BCUT2D eigenvalue weighted by Gasteiger charge is -1.94. The molecule has 5 heteroatoms. The number of Topliss-reactive ketones (excluding diaryl/α,β-unsaturated/α-hetero) is 1. The monoisotopic (exact) mass is 363 g/mol. The van der Waals surface area contributed by atoms with E-state index in [1.54, 1.807) is 11.3 Å². The second-order valence-corrected chi connectivity index (χ2v) is 3.74. The summed E-state index contributed by atoms with van der Waals surface area (Å²) in [4.78, 5) is 11.7. The Morgan fingerprint density at radius 1 is 1.25 bits per heavy atom. The lowest BCUT2D eigenvalue weighted by Crippen LogP contribution is -3.00. The molecule has 0 spiro atoms. The first kappa shape index (κ1) is 15.5. The quantitative estimate of drug-likeness (QED) is 0.531. The van der Waals surface area contributed by atoms with Crippen LogP contribution in [-0.2, 0) is 6.54 Å². The number of aromatic nitrogens is 1. The summed E-state index contributed by atoms with van der Waals surface area (Å²) >= 11 is 1.59. The van der Waals surface area contributed by atoms with Gasteiger partial charge in [0.2, 0.25) is 17.8 Å². The molecule has 86 valence electrons. The molecule has 0 aliphatic carbocycles. The Labute approximate surface area is 119 Å². The second kappa shape index (κ2) is 7.70. The molecule has 0 aliphatic rings. The lowest BCUT2D eigenvalue weighted by molar-refractivity contribution is -0.678. The number of benzene rings is 1. The third-order valence-corrected chi connectivity index (χ3v) is 2.62. The van der Waals surface area contributed by atoms with E-state index in [1.807, 2.05) is 52.0 Å². The fraction of sp³-hybridized carbons (Fsp3) is 0.0909. The smallest absolute Gasteiger partial charge is 0.227 e. The molecule has 2 nitrogen and oxygen atoms in total. The summed E-state index contributed by atoms with van der Waals surface area (Å²) in [7, 11) is 0. The SMILES string of the molecule is Br.O=C(C[n+]1ccsc1)c1ccccc1.[Br-]. The zero-order valence-electron chi connectivity index (χ0n) is 8.38. The molecule has 0 bridgehead atoms. The largest absolute Gasteiger partial charge is 1.00 e. The van der Waals surface area contributed by atoms with E-state index in [9.17, 15) is 4.79 Å². The van der Waals surface area contributed by atoms with Gasteiger partial charge in [-0.05, 0) is 0 Å². The van der Waals surface area contributed by atoms with E-state index in [-0.39, 0.29) is 39.7 Å². The van der Waals surface area contributed by atoms with Gasteiger partial charge in [-0.1, -0.05) is 41.7 Å². The van der Waals surface area contributed by atoms with Gasteiger partial charge in [-0.15, -0.1) is 17.0 Å². The van der Waals surface area contributed by atoms with Gasteiger partial charge in [-0.3, -0.25) is 4.79 Å². The molecule has 0 amide bonds. The zero-order chi connectivity index (χ0) is 9.80. The highest BCUT2D eigenvalue weighted by Crippen LogP contribution is 2.00. The van der Waals surface area contributed by atoms with Crippen LogP contribution >= 0.6 is 28.3 Å². The first-order valence-corrected chi connectivity index (χ1v) is 5.30. The van der Waals surface area contributed by atoms with Crippen molar-refractivity contribution < 1.29 is 26.3 Å². The van der Waals surface area contributed by atoms with Gasteiger partial charge in [0, 0.05) is 5.56 Å². The average molecular weight is 365 g/mol. The summed E-state index contributed by atoms with van der Waals surface area (Å²) in [5.41, 5.74) is 2.70. The van der Waals surface area contributed by atoms with Crippen molar-refractivity contribution in [3.05, 3.63) is 53.0 Å². The van der Waals surface area contributed by atoms with Crippen molar-refractivity contribution in [2.24, 2.45) is 0 Å². The second-order valence-electron chi connectivity index (χ2n) is 2.99. The van der Waals surface area contributed by atoms with Gasteiger partial charge in [0.25, 0.3) is 0 Å². The molecule has 0 fully saturated rings. The van der Waals surface area contributed by atoms with Crippen LogP contribution in [-0.4, -0.2) is 5.78 Å². The van der Waals surface area contributed by atoms with Crippen LogP contribution < -0.4 is 21.5 Å². The predicted octanol–water partition coefficient (Wildman–Crippen LogP) is -0.500. The molecule has 2 aromatic rings. The van der Waals surface area contributed by atoms with Crippen LogP contribution in [0.3, 0.4) is 0 Å². The van der Waals surface area contributed by atoms with Crippen LogP contribution in [0.4, 0.5) is 0 Å². The Morgan fingerprint density at radius 3 is 2.50 bits per heavy atom. The van der Waals surface area contributed by atoms with Crippen molar-refractivity contribution in [3.8, 4) is 0 Å². The molecule has 1 aromatic carbocycles. The average Bonchev–Trinajstić information content (AvgIpc) is 2.72. The highest BCUT2D eigenvalue weighted by Gasteiger charge is 2.10. The Bertz CT molecular complexity index is 417. The predicted molar refractivity (Wildman–Crippen MR) is 65.6 cm³/mol. The number of ketones is 1. The lowest BCUT2D eigenvalue weighted by atomic mass is 10.1. The molecule has 0 atom stereocenters. The molecule has 0 aliphatic heterocycles. The number of thiazole rings is 1. The molecule has 1 aromatic heterocycles. The topological polar surface area (TPSA) is 20.9 Å². The van der Waals surface area contributed by atoms with Gasteiger partial charge >= 0.3 is 0 Å². The number of hydrogen-bond acceptors (Lipinski definition) is 2. The molecule has 0 unspecified atom stereocenters.